The van der Waals surface area contributed by atoms with Crippen LogP contribution in [0.25, 0.3) is 0 Å². The zero-order valence-corrected chi connectivity index (χ0v) is 10.7. The Hall–Kier alpha value is -1.58. The van der Waals surface area contributed by atoms with Crippen molar-refractivity contribution in [2.24, 2.45) is 0 Å². The van der Waals surface area contributed by atoms with Crippen molar-refractivity contribution in [2.75, 3.05) is 14.2 Å². The summed E-state index contributed by atoms with van der Waals surface area (Å²) in [7, 11) is 3.24. The summed E-state index contributed by atoms with van der Waals surface area (Å²) in [6.07, 6.45) is 8.25. The molecule has 1 unspecified atom stereocenters. The third-order valence-corrected chi connectivity index (χ3v) is 2.94. The Bertz CT molecular complexity index is 421. The summed E-state index contributed by atoms with van der Waals surface area (Å²) in [5, 5.41) is 0. The molecular weight excluding hydrogens is 228 g/mol. The van der Waals surface area contributed by atoms with Crippen molar-refractivity contribution in [2.45, 2.75) is 18.3 Å². The summed E-state index contributed by atoms with van der Waals surface area (Å²) in [4.78, 5) is 0. The summed E-state index contributed by atoms with van der Waals surface area (Å²) in [6.45, 7) is 0. The first-order valence-corrected chi connectivity index (χ1v) is 5.95. The maximum absolute atomic E-state index is 6.10. The zero-order valence-electron chi connectivity index (χ0n) is 10.7. The fourth-order valence-corrected chi connectivity index (χ4v) is 2.12. The molecule has 0 amide bonds. The van der Waals surface area contributed by atoms with Gasteiger partial charge in [0.25, 0.3) is 0 Å². The molecule has 3 heteroatoms. The van der Waals surface area contributed by atoms with E-state index >= 15 is 0 Å². The lowest BCUT2D eigenvalue weighted by Gasteiger charge is -2.37. The zero-order chi connectivity index (χ0) is 12.8. The van der Waals surface area contributed by atoms with Gasteiger partial charge in [0.15, 0.2) is 5.60 Å². The Morgan fingerprint density at radius 1 is 1.06 bits per heavy atom. The highest BCUT2D eigenvalue weighted by molar-refractivity contribution is 5.27. The fraction of sp³-hybridized carbons (Fsp3) is 0.333. The van der Waals surface area contributed by atoms with Gasteiger partial charge >= 0.3 is 0 Å². The molecule has 2 rings (SSSR count). The van der Waals surface area contributed by atoms with Gasteiger partial charge in [0, 0.05) is 20.6 Å². The van der Waals surface area contributed by atoms with E-state index < -0.39 is 11.9 Å². The van der Waals surface area contributed by atoms with Gasteiger partial charge in [-0.15, -0.1) is 0 Å². The van der Waals surface area contributed by atoms with Gasteiger partial charge in [0.05, 0.1) is 0 Å². The van der Waals surface area contributed by atoms with Crippen LogP contribution in [0.15, 0.2) is 54.6 Å². The first-order valence-electron chi connectivity index (χ1n) is 5.95. The molecule has 1 aromatic carbocycles. The number of hydrogen-bond acceptors (Lipinski definition) is 3. The van der Waals surface area contributed by atoms with Crippen LogP contribution in [0, 0.1) is 0 Å². The van der Waals surface area contributed by atoms with Gasteiger partial charge in [0.1, 0.15) is 5.75 Å². The second-order valence-corrected chi connectivity index (χ2v) is 4.16. The molecule has 0 N–H and O–H groups in total. The number of rotatable bonds is 5. The van der Waals surface area contributed by atoms with Crippen LogP contribution in [0.4, 0.5) is 0 Å². The maximum Gasteiger partial charge on any atom is 0.201 e. The van der Waals surface area contributed by atoms with E-state index in [1.165, 1.54) is 0 Å². The molecule has 1 aromatic rings. The minimum atomic E-state index is -0.612. The monoisotopic (exact) mass is 246 g/mol. The number of methoxy groups -OCH3 is 2. The van der Waals surface area contributed by atoms with E-state index in [1.807, 2.05) is 54.6 Å². The van der Waals surface area contributed by atoms with E-state index in [1.54, 1.807) is 14.2 Å². The first-order chi connectivity index (χ1) is 8.80. The van der Waals surface area contributed by atoms with Crippen molar-refractivity contribution in [3.05, 3.63) is 54.6 Å². The molecule has 18 heavy (non-hydrogen) atoms. The van der Waals surface area contributed by atoms with Crippen molar-refractivity contribution < 1.29 is 14.2 Å². The molecule has 1 atom stereocenters. The predicted octanol–water partition coefficient (Wildman–Crippen LogP) is 2.94. The number of benzene rings is 1. The molecule has 0 bridgehead atoms. The quantitative estimate of drug-likeness (QED) is 0.748. The Morgan fingerprint density at radius 3 is 2.33 bits per heavy atom. The highest BCUT2D eigenvalue weighted by Gasteiger charge is 2.39. The molecule has 0 saturated carbocycles. The molecule has 0 fully saturated rings. The molecule has 1 aliphatic carbocycles. The summed E-state index contributed by atoms with van der Waals surface area (Å²) < 4.78 is 16.9. The topological polar surface area (TPSA) is 27.7 Å². The van der Waals surface area contributed by atoms with Crippen molar-refractivity contribution in [1.82, 2.24) is 0 Å². The number of allylic oxidation sites excluding steroid dienone is 2. The van der Waals surface area contributed by atoms with Crippen molar-refractivity contribution >= 4 is 0 Å². The molecule has 0 heterocycles. The Balaban J connectivity index is 2.25. The molecule has 0 radical (unpaired) electrons. The summed E-state index contributed by atoms with van der Waals surface area (Å²) in [5.74, 6) is 0.802. The highest BCUT2D eigenvalue weighted by Crippen LogP contribution is 2.30. The van der Waals surface area contributed by atoms with Gasteiger partial charge < -0.3 is 14.2 Å². The van der Waals surface area contributed by atoms with Crippen LogP contribution in [0.3, 0.4) is 0 Å². The van der Waals surface area contributed by atoms with E-state index in [-0.39, 0.29) is 0 Å². The van der Waals surface area contributed by atoms with Crippen LogP contribution in [-0.4, -0.2) is 26.1 Å². The smallest absolute Gasteiger partial charge is 0.201 e. The number of ether oxygens (including phenoxy) is 3. The van der Waals surface area contributed by atoms with E-state index in [0.717, 1.165) is 5.75 Å². The van der Waals surface area contributed by atoms with Crippen molar-refractivity contribution in [3.8, 4) is 5.75 Å². The molecule has 0 saturated heterocycles. The third-order valence-electron chi connectivity index (χ3n) is 2.94. The van der Waals surface area contributed by atoms with Crippen LogP contribution in [0.5, 0.6) is 5.75 Å². The van der Waals surface area contributed by atoms with Gasteiger partial charge in [-0.2, -0.15) is 0 Å². The van der Waals surface area contributed by atoms with Gasteiger partial charge in [-0.3, -0.25) is 0 Å². The average Bonchev–Trinajstić information content (AvgIpc) is 2.42. The Morgan fingerprint density at radius 2 is 1.78 bits per heavy atom. The summed E-state index contributed by atoms with van der Waals surface area (Å²) in [6, 6.07) is 9.70. The molecule has 1 aliphatic rings. The Labute approximate surface area is 108 Å². The average molecular weight is 246 g/mol. The maximum atomic E-state index is 6.10. The van der Waals surface area contributed by atoms with E-state index in [2.05, 4.69) is 0 Å². The molecule has 96 valence electrons. The van der Waals surface area contributed by atoms with E-state index in [0.29, 0.717) is 6.42 Å². The van der Waals surface area contributed by atoms with Gasteiger partial charge in [-0.1, -0.05) is 36.4 Å². The summed E-state index contributed by atoms with van der Waals surface area (Å²) >= 11 is 0. The lowest BCUT2D eigenvalue weighted by atomic mass is 9.94. The lowest BCUT2D eigenvalue weighted by molar-refractivity contribution is -0.185. The fourth-order valence-electron chi connectivity index (χ4n) is 2.12. The second kappa shape index (κ2) is 5.85. The molecule has 0 spiro atoms. The minimum Gasteiger partial charge on any atom is -0.478 e. The number of hydrogen-bond donors (Lipinski definition) is 0. The predicted molar refractivity (Wildman–Crippen MR) is 70.5 cm³/mol. The standard InChI is InChI=1S/C15H18O3/c1-16-14(17-2)15(11-7-4-8-12-15)18-13-9-5-3-6-10-13/h3-11,14H,12H2,1-2H3. The van der Waals surface area contributed by atoms with Crippen molar-refractivity contribution in [3.63, 3.8) is 0 Å². The minimum absolute atomic E-state index is 0.445. The molecule has 0 aromatic heterocycles. The summed E-state index contributed by atoms with van der Waals surface area (Å²) in [5.41, 5.74) is -0.612. The largest absolute Gasteiger partial charge is 0.478 e. The molecular formula is C15H18O3. The van der Waals surface area contributed by atoms with Crippen LogP contribution in [-0.2, 0) is 9.47 Å². The molecule has 0 aliphatic heterocycles. The van der Waals surface area contributed by atoms with Gasteiger partial charge in [0.2, 0.25) is 6.29 Å². The van der Waals surface area contributed by atoms with Gasteiger partial charge in [-0.05, 0) is 18.2 Å². The van der Waals surface area contributed by atoms with Crippen molar-refractivity contribution in [1.29, 1.82) is 0 Å². The third kappa shape index (κ3) is 2.63. The first kappa shape index (κ1) is 12.9. The van der Waals surface area contributed by atoms with Crippen LogP contribution >= 0.6 is 0 Å². The SMILES string of the molecule is COC(OC)C1(Oc2ccccc2)C=CC=CC1. The van der Waals surface area contributed by atoms with Crippen LogP contribution in [0.2, 0.25) is 0 Å². The lowest BCUT2D eigenvalue weighted by Crippen LogP contribution is -2.48. The normalized spacial score (nSPS) is 22.4. The van der Waals surface area contributed by atoms with E-state index in [4.69, 9.17) is 14.2 Å². The molecule has 3 nitrogen and oxygen atoms in total. The van der Waals surface area contributed by atoms with Gasteiger partial charge in [-0.25, -0.2) is 0 Å². The second-order valence-electron chi connectivity index (χ2n) is 4.16. The number of para-hydroxylation sites is 1. The Kier molecular flexibility index (Phi) is 4.18. The highest BCUT2D eigenvalue weighted by atomic mass is 16.7. The van der Waals surface area contributed by atoms with E-state index in [9.17, 15) is 0 Å². The van der Waals surface area contributed by atoms with Crippen LogP contribution in [0.1, 0.15) is 6.42 Å². The van der Waals surface area contributed by atoms with Crippen LogP contribution < -0.4 is 4.74 Å².